The smallest absolute Gasteiger partial charge is 0.333 e. The Balaban J connectivity index is 2.76. The van der Waals surface area contributed by atoms with E-state index in [9.17, 15) is 9.90 Å². The number of carboxylic acids is 1. The van der Waals surface area contributed by atoms with E-state index < -0.39 is 17.5 Å². The highest BCUT2D eigenvalue weighted by Crippen LogP contribution is 2.43. The molecular formula is C9H17NO3. The van der Waals surface area contributed by atoms with Gasteiger partial charge in [0.2, 0.25) is 0 Å². The minimum absolute atomic E-state index is 0.255. The van der Waals surface area contributed by atoms with Crippen molar-refractivity contribution in [3.8, 4) is 0 Å². The summed E-state index contributed by atoms with van der Waals surface area (Å²) >= 11 is 0. The zero-order valence-corrected chi connectivity index (χ0v) is 7.86. The summed E-state index contributed by atoms with van der Waals surface area (Å²) in [5.41, 5.74) is 4.97. The van der Waals surface area contributed by atoms with Crippen molar-refractivity contribution in [1.82, 2.24) is 0 Å². The topological polar surface area (TPSA) is 83.5 Å². The monoisotopic (exact) mass is 187 g/mol. The molecule has 1 aliphatic rings. The number of aliphatic hydroxyl groups is 1. The van der Waals surface area contributed by atoms with E-state index in [0.717, 1.165) is 19.3 Å². The number of aliphatic hydroxyl groups excluding tert-OH is 1. The van der Waals surface area contributed by atoms with Crippen molar-refractivity contribution >= 4 is 5.97 Å². The lowest BCUT2D eigenvalue weighted by Crippen LogP contribution is -2.44. The van der Waals surface area contributed by atoms with Gasteiger partial charge in [-0.3, -0.25) is 0 Å². The second kappa shape index (κ2) is 3.64. The standard InChI is InChI=1S/C9H17NO3/c1-6-2-3-9(4-6,5-10)7(11)8(12)13/h6-7,11H,2-5,10H2,1H3,(H,12,13). The summed E-state index contributed by atoms with van der Waals surface area (Å²) in [5, 5.41) is 18.2. The molecule has 0 saturated heterocycles. The first-order valence-corrected chi connectivity index (χ1v) is 4.63. The van der Waals surface area contributed by atoms with E-state index in [1.54, 1.807) is 0 Å². The summed E-state index contributed by atoms with van der Waals surface area (Å²) in [6.45, 7) is 2.32. The molecule has 13 heavy (non-hydrogen) atoms. The van der Waals surface area contributed by atoms with Crippen molar-refractivity contribution in [1.29, 1.82) is 0 Å². The molecule has 3 atom stereocenters. The minimum Gasteiger partial charge on any atom is -0.479 e. The number of nitrogens with two attached hydrogens (primary N) is 1. The first kappa shape index (κ1) is 10.5. The van der Waals surface area contributed by atoms with Crippen molar-refractivity contribution in [3.05, 3.63) is 0 Å². The number of rotatable bonds is 3. The molecule has 0 heterocycles. The average molecular weight is 187 g/mol. The van der Waals surface area contributed by atoms with Crippen molar-refractivity contribution < 1.29 is 15.0 Å². The normalized spacial score (nSPS) is 36.1. The van der Waals surface area contributed by atoms with E-state index in [2.05, 4.69) is 6.92 Å². The molecule has 1 saturated carbocycles. The molecule has 1 fully saturated rings. The van der Waals surface area contributed by atoms with Gasteiger partial charge in [-0.05, 0) is 25.2 Å². The Labute approximate surface area is 77.7 Å². The Morgan fingerprint density at radius 2 is 2.38 bits per heavy atom. The van der Waals surface area contributed by atoms with Crippen LogP contribution in [0.1, 0.15) is 26.2 Å². The van der Waals surface area contributed by atoms with Gasteiger partial charge in [-0.1, -0.05) is 6.92 Å². The molecule has 4 N–H and O–H groups in total. The van der Waals surface area contributed by atoms with Crippen LogP contribution in [0.15, 0.2) is 0 Å². The van der Waals surface area contributed by atoms with Gasteiger partial charge in [-0.25, -0.2) is 4.79 Å². The van der Waals surface area contributed by atoms with Gasteiger partial charge in [0.25, 0.3) is 0 Å². The lowest BCUT2D eigenvalue weighted by Gasteiger charge is -2.30. The fraction of sp³-hybridized carbons (Fsp3) is 0.889. The third-order valence-electron chi connectivity index (χ3n) is 3.11. The average Bonchev–Trinajstić information content (AvgIpc) is 2.47. The van der Waals surface area contributed by atoms with Gasteiger partial charge in [0.15, 0.2) is 6.10 Å². The van der Waals surface area contributed by atoms with Gasteiger partial charge in [0.1, 0.15) is 0 Å². The van der Waals surface area contributed by atoms with E-state index in [-0.39, 0.29) is 6.54 Å². The lowest BCUT2D eigenvalue weighted by atomic mass is 9.79. The minimum atomic E-state index is -1.30. The highest BCUT2D eigenvalue weighted by Gasteiger charge is 2.45. The predicted octanol–water partition coefficient (Wildman–Crippen LogP) is 0.197. The van der Waals surface area contributed by atoms with Crippen LogP contribution < -0.4 is 5.73 Å². The third-order valence-corrected chi connectivity index (χ3v) is 3.11. The maximum atomic E-state index is 10.7. The van der Waals surface area contributed by atoms with Gasteiger partial charge >= 0.3 is 5.97 Å². The van der Waals surface area contributed by atoms with Crippen molar-refractivity contribution in [2.24, 2.45) is 17.1 Å². The number of carboxylic acid groups (broad SMARTS) is 1. The second-order valence-corrected chi connectivity index (χ2v) is 4.16. The highest BCUT2D eigenvalue weighted by atomic mass is 16.4. The SMILES string of the molecule is CC1CCC(CN)(C(O)C(=O)O)C1. The van der Waals surface area contributed by atoms with Gasteiger partial charge < -0.3 is 15.9 Å². The van der Waals surface area contributed by atoms with Crippen LogP contribution in [-0.2, 0) is 4.79 Å². The molecule has 0 bridgehead atoms. The van der Waals surface area contributed by atoms with Crippen LogP contribution >= 0.6 is 0 Å². The fourth-order valence-corrected chi connectivity index (χ4v) is 2.24. The summed E-state index contributed by atoms with van der Waals surface area (Å²) in [5.74, 6) is -0.683. The van der Waals surface area contributed by atoms with Crippen LogP contribution in [0.5, 0.6) is 0 Å². The molecule has 0 amide bonds. The first-order chi connectivity index (χ1) is 6.02. The quantitative estimate of drug-likeness (QED) is 0.589. The molecule has 1 aliphatic carbocycles. The molecule has 0 radical (unpaired) electrons. The van der Waals surface area contributed by atoms with Crippen LogP contribution in [0.3, 0.4) is 0 Å². The van der Waals surface area contributed by atoms with Gasteiger partial charge in [-0.15, -0.1) is 0 Å². The van der Waals surface area contributed by atoms with E-state index in [1.807, 2.05) is 0 Å². The maximum absolute atomic E-state index is 10.7. The number of hydrogen-bond donors (Lipinski definition) is 3. The molecule has 0 spiro atoms. The van der Waals surface area contributed by atoms with Crippen molar-refractivity contribution in [3.63, 3.8) is 0 Å². The van der Waals surface area contributed by atoms with Gasteiger partial charge in [0, 0.05) is 12.0 Å². The predicted molar refractivity (Wildman–Crippen MR) is 48.1 cm³/mol. The summed E-state index contributed by atoms with van der Waals surface area (Å²) in [7, 11) is 0. The van der Waals surface area contributed by atoms with Crippen molar-refractivity contribution in [2.45, 2.75) is 32.3 Å². The molecule has 0 aromatic carbocycles. The van der Waals surface area contributed by atoms with Crippen molar-refractivity contribution in [2.75, 3.05) is 6.54 Å². The highest BCUT2D eigenvalue weighted by molar-refractivity contribution is 5.73. The third kappa shape index (κ3) is 1.84. The Bertz CT molecular complexity index is 207. The zero-order chi connectivity index (χ0) is 10.1. The van der Waals surface area contributed by atoms with E-state index in [4.69, 9.17) is 10.8 Å². The second-order valence-electron chi connectivity index (χ2n) is 4.16. The Morgan fingerprint density at radius 1 is 1.77 bits per heavy atom. The lowest BCUT2D eigenvalue weighted by molar-refractivity contribution is -0.154. The number of hydrogen-bond acceptors (Lipinski definition) is 3. The largest absolute Gasteiger partial charge is 0.479 e. The molecule has 0 aromatic heterocycles. The Morgan fingerprint density at radius 3 is 2.69 bits per heavy atom. The zero-order valence-electron chi connectivity index (χ0n) is 7.86. The molecular weight excluding hydrogens is 170 g/mol. The molecule has 1 rings (SSSR count). The summed E-state index contributed by atoms with van der Waals surface area (Å²) in [4.78, 5) is 10.7. The summed E-state index contributed by atoms with van der Waals surface area (Å²) in [6, 6.07) is 0. The summed E-state index contributed by atoms with van der Waals surface area (Å²) in [6.07, 6.45) is 1.10. The number of carbonyl (C=O) groups is 1. The van der Waals surface area contributed by atoms with Crippen LogP contribution in [0, 0.1) is 11.3 Å². The van der Waals surface area contributed by atoms with E-state index >= 15 is 0 Å². The van der Waals surface area contributed by atoms with E-state index in [0.29, 0.717) is 5.92 Å². The first-order valence-electron chi connectivity index (χ1n) is 4.63. The number of aliphatic carboxylic acids is 1. The van der Waals surface area contributed by atoms with Gasteiger partial charge in [0.05, 0.1) is 0 Å². The molecule has 76 valence electrons. The molecule has 0 aliphatic heterocycles. The fourth-order valence-electron chi connectivity index (χ4n) is 2.24. The molecule has 0 aromatic rings. The van der Waals surface area contributed by atoms with Gasteiger partial charge in [-0.2, -0.15) is 0 Å². The summed E-state index contributed by atoms with van der Waals surface area (Å²) < 4.78 is 0. The Hall–Kier alpha value is -0.610. The maximum Gasteiger partial charge on any atom is 0.333 e. The van der Waals surface area contributed by atoms with Crippen LogP contribution in [0.25, 0.3) is 0 Å². The molecule has 4 heteroatoms. The van der Waals surface area contributed by atoms with Crippen LogP contribution in [-0.4, -0.2) is 28.8 Å². The molecule has 3 unspecified atom stereocenters. The molecule has 4 nitrogen and oxygen atoms in total. The van der Waals surface area contributed by atoms with Crippen LogP contribution in [0.2, 0.25) is 0 Å². The van der Waals surface area contributed by atoms with E-state index in [1.165, 1.54) is 0 Å². The Kier molecular flexibility index (Phi) is 2.93. The van der Waals surface area contributed by atoms with Crippen LogP contribution in [0.4, 0.5) is 0 Å².